The Kier molecular flexibility index (Phi) is 6.76. The molecule has 36 heavy (non-hydrogen) atoms. The van der Waals surface area contributed by atoms with Gasteiger partial charge in [0.2, 0.25) is 5.43 Å². The number of nitrogens with zero attached hydrogens (tertiary/aromatic N) is 3. The lowest BCUT2D eigenvalue weighted by atomic mass is 10.1. The standard InChI is InChI=1S/C24H24F4N4O4/c1-10(2)11(3)29-24(36)14-7-32(20-15(26)4-12(25)5-16(20)27)22-13(21(14)35)6-17(28)23(30-22)31-8-18(33)19(34)9-31/h4-7,10-11,18-19,33-34H,8-9H2,1-3H3,(H,29,36)/t11?,18-,19+. The van der Waals surface area contributed by atoms with E-state index < -0.39 is 69.1 Å². The van der Waals surface area contributed by atoms with E-state index in [0.29, 0.717) is 12.1 Å². The van der Waals surface area contributed by atoms with E-state index in [1.165, 1.54) is 4.90 Å². The molecule has 3 aromatic rings. The molecule has 1 aromatic carbocycles. The first-order chi connectivity index (χ1) is 16.9. The molecule has 2 aromatic heterocycles. The van der Waals surface area contributed by atoms with Crippen molar-refractivity contribution in [2.75, 3.05) is 18.0 Å². The highest BCUT2D eigenvalue weighted by Crippen LogP contribution is 2.28. The van der Waals surface area contributed by atoms with Crippen molar-refractivity contribution in [3.63, 3.8) is 0 Å². The van der Waals surface area contributed by atoms with Gasteiger partial charge >= 0.3 is 0 Å². The van der Waals surface area contributed by atoms with Gasteiger partial charge in [-0.1, -0.05) is 13.8 Å². The summed E-state index contributed by atoms with van der Waals surface area (Å²) in [6.07, 6.45) is -1.51. The lowest BCUT2D eigenvalue weighted by Crippen LogP contribution is -2.38. The van der Waals surface area contributed by atoms with Crippen molar-refractivity contribution in [1.29, 1.82) is 0 Å². The molecule has 192 valence electrons. The monoisotopic (exact) mass is 508 g/mol. The maximum atomic E-state index is 15.1. The van der Waals surface area contributed by atoms with Gasteiger partial charge in [-0.05, 0) is 18.9 Å². The van der Waals surface area contributed by atoms with Crippen LogP contribution in [0.15, 0.2) is 29.2 Å². The second-order valence-electron chi connectivity index (χ2n) is 9.17. The molecule has 12 heteroatoms. The number of aliphatic hydroxyl groups excluding tert-OH is 2. The Morgan fingerprint density at radius 2 is 1.61 bits per heavy atom. The van der Waals surface area contributed by atoms with E-state index in [1.807, 2.05) is 13.8 Å². The number of pyridine rings is 2. The smallest absolute Gasteiger partial charge is 0.257 e. The number of benzene rings is 1. The van der Waals surface area contributed by atoms with Gasteiger partial charge in [0.1, 0.15) is 17.1 Å². The fourth-order valence-electron chi connectivity index (χ4n) is 3.93. The Hall–Kier alpha value is -3.51. The van der Waals surface area contributed by atoms with E-state index >= 15 is 4.39 Å². The quantitative estimate of drug-likeness (QED) is 0.457. The van der Waals surface area contributed by atoms with E-state index in [1.54, 1.807) is 6.92 Å². The molecule has 1 aliphatic rings. The SMILES string of the molecule is CC(C)C(C)NC(=O)c1cn(-c2c(F)cc(F)cc2F)c2nc(N3C[C@@H](O)[C@@H](O)C3)c(F)cc2c1=O. The van der Waals surface area contributed by atoms with Crippen molar-refractivity contribution in [2.24, 2.45) is 5.92 Å². The summed E-state index contributed by atoms with van der Waals surface area (Å²) < 4.78 is 59.0. The molecule has 3 N–H and O–H groups in total. The molecule has 0 bridgehead atoms. The highest BCUT2D eigenvalue weighted by molar-refractivity contribution is 5.97. The number of fused-ring (bicyclic) bond motifs is 1. The number of carbonyl (C=O) groups excluding carboxylic acids is 1. The molecule has 0 radical (unpaired) electrons. The number of β-amino-alcohol motifs (C(OH)–C–C–N with tert-alkyl or cyclic N) is 2. The molecule has 1 aliphatic heterocycles. The average Bonchev–Trinajstić information content (AvgIpc) is 3.12. The van der Waals surface area contributed by atoms with Crippen molar-refractivity contribution < 1.29 is 32.6 Å². The van der Waals surface area contributed by atoms with E-state index in [0.717, 1.165) is 16.8 Å². The maximum absolute atomic E-state index is 15.1. The molecular weight excluding hydrogens is 484 g/mol. The summed E-state index contributed by atoms with van der Waals surface area (Å²) in [5, 5.41) is 21.8. The van der Waals surface area contributed by atoms with Gasteiger partial charge in [-0.2, -0.15) is 0 Å². The van der Waals surface area contributed by atoms with Crippen molar-refractivity contribution in [3.05, 3.63) is 63.5 Å². The average molecular weight is 508 g/mol. The Bertz CT molecular complexity index is 1380. The predicted octanol–water partition coefficient (Wildman–Crippen LogP) is 2.26. The summed E-state index contributed by atoms with van der Waals surface area (Å²) in [5.41, 5.74) is -2.71. The minimum absolute atomic E-state index is 0.00329. The summed E-state index contributed by atoms with van der Waals surface area (Å²) in [7, 11) is 0. The summed E-state index contributed by atoms with van der Waals surface area (Å²) in [4.78, 5) is 31.4. The van der Waals surface area contributed by atoms with Gasteiger partial charge in [0.15, 0.2) is 28.9 Å². The number of aromatic nitrogens is 2. The molecule has 1 unspecified atom stereocenters. The number of amides is 1. The zero-order chi connectivity index (χ0) is 26.5. The van der Waals surface area contributed by atoms with Crippen molar-refractivity contribution in [3.8, 4) is 5.69 Å². The van der Waals surface area contributed by atoms with Crippen LogP contribution in [-0.2, 0) is 0 Å². The van der Waals surface area contributed by atoms with Gasteiger partial charge in [0.05, 0.1) is 17.6 Å². The third-order valence-electron chi connectivity index (χ3n) is 6.30. The Balaban J connectivity index is 2.00. The van der Waals surface area contributed by atoms with Crippen LogP contribution in [0, 0.1) is 29.2 Å². The van der Waals surface area contributed by atoms with E-state index in [4.69, 9.17) is 0 Å². The first-order valence-corrected chi connectivity index (χ1v) is 11.2. The minimum atomic E-state index is -1.35. The third-order valence-corrected chi connectivity index (χ3v) is 6.30. The van der Waals surface area contributed by atoms with Gasteiger partial charge < -0.3 is 20.4 Å². The summed E-state index contributed by atoms with van der Waals surface area (Å²) >= 11 is 0. The van der Waals surface area contributed by atoms with Gasteiger partial charge in [0.25, 0.3) is 5.91 Å². The fourth-order valence-corrected chi connectivity index (χ4v) is 3.93. The highest BCUT2D eigenvalue weighted by Gasteiger charge is 2.33. The summed E-state index contributed by atoms with van der Waals surface area (Å²) in [6, 6.07) is 1.24. The Morgan fingerprint density at radius 1 is 1.03 bits per heavy atom. The van der Waals surface area contributed by atoms with Crippen LogP contribution in [0.5, 0.6) is 0 Å². The molecule has 8 nitrogen and oxygen atoms in total. The van der Waals surface area contributed by atoms with Crippen LogP contribution in [-0.4, -0.2) is 57.0 Å². The molecule has 0 spiro atoms. The van der Waals surface area contributed by atoms with E-state index in [9.17, 15) is 33.0 Å². The number of halogens is 4. The molecule has 1 fully saturated rings. The number of hydrogen-bond acceptors (Lipinski definition) is 6. The number of hydrogen-bond donors (Lipinski definition) is 3. The first kappa shape index (κ1) is 25.6. The number of aliphatic hydroxyl groups is 2. The van der Waals surface area contributed by atoms with Gasteiger partial charge in [-0.15, -0.1) is 0 Å². The van der Waals surface area contributed by atoms with Crippen molar-refractivity contribution in [2.45, 2.75) is 39.0 Å². The van der Waals surface area contributed by atoms with Crippen LogP contribution in [0.2, 0.25) is 0 Å². The number of rotatable bonds is 5. The predicted molar refractivity (Wildman–Crippen MR) is 123 cm³/mol. The molecule has 1 amide bonds. The summed E-state index contributed by atoms with van der Waals surface area (Å²) in [5.74, 6) is -6.15. The zero-order valence-electron chi connectivity index (χ0n) is 19.6. The second kappa shape index (κ2) is 9.51. The largest absolute Gasteiger partial charge is 0.389 e. The van der Waals surface area contributed by atoms with Crippen LogP contribution in [0.3, 0.4) is 0 Å². The highest BCUT2D eigenvalue weighted by atomic mass is 19.1. The van der Waals surface area contributed by atoms with Gasteiger partial charge in [0, 0.05) is 37.5 Å². The number of carbonyl (C=O) groups is 1. The molecular formula is C24H24F4N4O4. The maximum Gasteiger partial charge on any atom is 0.257 e. The lowest BCUT2D eigenvalue weighted by Gasteiger charge is -2.21. The molecule has 3 heterocycles. The zero-order valence-corrected chi connectivity index (χ0v) is 19.6. The van der Waals surface area contributed by atoms with E-state index in [-0.39, 0.29) is 30.9 Å². The van der Waals surface area contributed by atoms with Crippen LogP contribution in [0.4, 0.5) is 23.4 Å². The molecule has 0 saturated carbocycles. The minimum Gasteiger partial charge on any atom is -0.389 e. The third kappa shape index (κ3) is 4.53. The topological polar surface area (TPSA) is 108 Å². The van der Waals surface area contributed by atoms with Crippen LogP contribution in [0.25, 0.3) is 16.7 Å². The Labute approximate surface area is 202 Å². The molecule has 1 saturated heterocycles. The normalized spacial score (nSPS) is 18.8. The summed E-state index contributed by atoms with van der Waals surface area (Å²) in [6.45, 7) is 5.00. The van der Waals surface area contributed by atoms with Crippen LogP contribution < -0.4 is 15.6 Å². The molecule has 0 aliphatic carbocycles. The van der Waals surface area contributed by atoms with Crippen LogP contribution >= 0.6 is 0 Å². The van der Waals surface area contributed by atoms with Gasteiger partial charge in [-0.25, -0.2) is 22.5 Å². The van der Waals surface area contributed by atoms with E-state index in [2.05, 4.69) is 10.3 Å². The second-order valence-corrected chi connectivity index (χ2v) is 9.17. The lowest BCUT2D eigenvalue weighted by molar-refractivity contribution is 0.0572. The number of anilines is 1. The molecule has 3 atom stereocenters. The molecule has 4 rings (SSSR count). The number of nitrogens with one attached hydrogen (secondary N) is 1. The fraction of sp³-hybridized carbons (Fsp3) is 0.375. The van der Waals surface area contributed by atoms with Crippen molar-refractivity contribution >= 4 is 22.8 Å². The van der Waals surface area contributed by atoms with Crippen molar-refractivity contribution in [1.82, 2.24) is 14.9 Å². The Morgan fingerprint density at radius 3 is 2.17 bits per heavy atom. The first-order valence-electron chi connectivity index (χ1n) is 11.2. The van der Waals surface area contributed by atoms with Crippen LogP contribution in [0.1, 0.15) is 31.1 Å². The van der Waals surface area contributed by atoms with Gasteiger partial charge in [-0.3, -0.25) is 14.2 Å².